The lowest BCUT2D eigenvalue weighted by Gasteiger charge is -2.14. The van der Waals surface area contributed by atoms with Crippen molar-refractivity contribution in [2.45, 2.75) is 24.7 Å². The van der Waals surface area contributed by atoms with Crippen LogP contribution >= 0.6 is 0 Å². The van der Waals surface area contributed by atoms with Gasteiger partial charge in [-0.05, 0) is 35.7 Å². The fourth-order valence-corrected chi connectivity index (χ4v) is 3.64. The Kier molecular flexibility index (Phi) is 4.28. The van der Waals surface area contributed by atoms with Crippen molar-refractivity contribution in [2.24, 2.45) is 0 Å². The van der Waals surface area contributed by atoms with E-state index in [-0.39, 0.29) is 17.6 Å². The van der Waals surface area contributed by atoms with Crippen molar-refractivity contribution in [2.75, 3.05) is 18.6 Å². The third kappa shape index (κ3) is 3.12. The number of sulfonamides is 1. The summed E-state index contributed by atoms with van der Waals surface area (Å²) in [6.45, 7) is 4.21. The Morgan fingerprint density at radius 1 is 1.08 bits per heavy atom. The summed E-state index contributed by atoms with van der Waals surface area (Å²) in [6.07, 6.45) is 0. The predicted molar refractivity (Wildman–Crippen MR) is 90.5 cm³/mol. The van der Waals surface area contributed by atoms with E-state index in [1.54, 1.807) is 36.4 Å². The number of nitrogens with one attached hydrogen (secondary N) is 1. The van der Waals surface area contributed by atoms with Crippen molar-refractivity contribution in [1.82, 2.24) is 0 Å². The van der Waals surface area contributed by atoms with E-state index < -0.39 is 10.0 Å². The smallest absolute Gasteiger partial charge is 0.265 e. The Morgan fingerprint density at radius 2 is 1.83 bits per heavy atom. The van der Waals surface area contributed by atoms with Crippen LogP contribution in [0.5, 0.6) is 17.2 Å². The zero-order chi connectivity index (χ0) is 17.3. The van der Waals surface area contributed by atoms with Crippen LogP contribution in [0.2, 0.25) is 0 Å². The van der Waals surface area contributed by atoms with Crippen LogP contribution in [0.3, 0.4) is 0 Å². The molecule has 1 aliphatic heterocycles. The normalized spacial score (nSPS) is 13.2. The summed E-state index contributed by atoms with van der Waals surface area (Å²) >= 11 is 0. The second-order valence-corrected chi connectivity index (χ2v) is 7.39. The first kappa shape index (κ1) is 16.4. The van der Waals surface area contributed by atoms with E-state index in [1.807, 2.05) is 13.8 Å². The molecule has 7 heteroatoms. The molecule has 0 unspecified atom stereocenters. The molecule has 0 saturated carbocycles. The van der Waals surface area contributed by atoms with Crippen LogP contribution in [0.25, 0.3) is 0 Å². The van der Waals surface area contributed by atoms with Crippen molar-refractivity contribution in [3.63, 3.8) is 0 Å². The molecular formula is C17H19NO5S. The molecule has 2 aromatic carbocycles. The van der Waals surface area contributed by atoms with Gasteiger partial charge in [0.05, 0.1) is 12.8 Å². The summed E-state index contributed by atoms with van der Waals surface area (Å²) in [7, 11) is -2.33. The lowest BCUT2D eigenvalue weighted by atomic mass is 10.0. The van der Waals surface area contributed by atoms with E-state index in [4.69, 9.17) is 14.2 Å². The van der Waals surface area contributed by atoms with E-state index in [0.29, 0.717) is 22.9 Å². The van der Waals surface area contributed by atoms with Gasteiger partial charge < -0.3 is 14.2 Å². The summed E-state index contributed by atoms with van der Waals surface area (Å²) < 4.78 is 43.7. The van der Waals surface area contributed by atoms with Gasteiger partial charge in [-0.15, -0.1) is 0 Å². The highest BCUT2D eigenvalue weighted by molar-refractivity contribution is 7.92. The molecule has 1 N–H and O–H groups in total. The van der Waals surface area contributed by atoms with Gasteiger partial charge in [-0.1, -0.05) is 19.9 Å². The standard InChI is InChI=1S/C17H19NO5S/c1-11(2)12-4-7-17(16(8-12)21-3)24(19,20)18-13-5-6-14-15(9-13)23-10-22-14/h4-9,11,18H,10H2,1-3H3. The van der Waals surface area contributed by atoms with Crippen LogP contribution in [0.1, 0.15) is 25.3 Å². The van der Waals surface area contributed by atoms with Crippen LogP contribution in [0, 0.1) is 0 Å². The highest BCUT2D eigenvalue weighted by atomic mass is 32.2. The molecule has 128 valence electrons. The van der Waals surface area contributed by atoms with E-state index in [0.717, 1.165) is 5.56 Å². The van der Waals surface area contributed by atoms with Gasteiger partial charge in [0, 0.05) is 6.07 Å². The molecule has 0 fully saturated rings. The van der Waals surface area contributed by atoms with Crippen LogP contribution in [0.15, 0.2) is 41.3 Å². The maximum absolute atomic E-state index is 12.7. The summed E-state index contributed by atoms with van der Waals surface area (Å²) in [6, 6.07) is 9.98. The summed E-state index contributed by atoms with van der Waals surface area (Å²) in [5.41, 5.74) is 1.41. The maximum Gasteiger partial charge on any atom is 0.265 e. The van der Waals surface area contributed by atoms with Gasteiger partial charge in [-0.2, -0.15) is 0 Å². The quantitative estimate of drug-likeness (QED) is 0.896. The van der Waals surface area contributed by atoms with Crippen molar-refractivity contribution in [1.29, 1.82) is 0 Å². The molecule has 24 heavy (non-hydrogen) atoms. The van der Waals surface area contributed by atoms with E-state index in [9.17, 15) is 8.42 Å². The molecule has 3 rings (SSSR count). The van der Waals surface area contributed by atoms with Crippen LogP contribution in [0.4, 0.5) is 5.69 Å². The molecule has 0 bridgehead atoms. The number of benzene rings is 2. The average molecular weight is 349 g/mol. The second kappa shape index (κ2) is 6.24. The van der Waals surface area contributed by atoms with Gasteiger partial charge in [0.15, 0.2) is 11.5 Å². The predicted octanol–water partition coefficient (Wildman–Crippen LogP) is 3.35. The maximum atomic E-state index is 12.7. The molecule has 0 atom stereocenters. The first-order valence-corrected chi connectivity index (χ1v) is 8.99. The summed E-state index contributed by atoms with van der Waals surface area (Å²) in [5.74, 6) is 1.70. The highest BCUT2D eigenvalue weighted by Gasteiger charge is 2.22. The van der Waals surface area contributed by atoms with Crippen molar-refractivity contribution >= 4 is 15.7 Å². The zero-order valence-electron chi connectivity index (χ0n) is 13.7. The zero-order valence-corrected chi connectivity index (χ0v) is 14.5. The van der Waals surface area contributed by atoms with Crippen molar-refractivity contribution in [3.8, 4) is 17.2 Å². The minimum absolute atomic E-state index is 0.0899. The molecule has 1 heterocycles. The number of hydrogen-bond donors (Lipinski definition) is 1. The van der Waals surface area contributed by atoms with Gasteiger partial charge in [-0.25, -0.2) is 8.42 Å². The van der Waals surface area contributed by atoms with Crippen LogP contribution in [-0.2, 0) is 10.0 Å². The first-order chi connectivity index (χ1) is 11.4. The SMILES string of the molecule is COc1cc(C(C)C)ccc1S(=O)(=O)Nc1ccc2c(c1)OCO2. The Balaban J connectivity index is 1.93. The molecular weight excluding hydrogens is 330 g/mol. The number of ether oxygens (including phenoxy) is 3. The van der Waals surface area contributed by atoms with Gasteiger partial charge in [-0.3, -0.25) is 4.72 Å². The summed E-state index contributed by atoms with van der Waals surface area (Å²) in [4.78, 5) is 0.0899. The molecule has 0 aliphatic carbocycles. The van der Waals surface area contributed by atoms with Gasteiger partial charge >= 0.3 is 0 Å². The Hall–Kier alpha value is -2.41. The topological polar surface area (TPSA) is 73.9 Å². The fourth-order valence-electron chi connectivity index (χ4n) is 2.44. The van der Waals surface area contributed by atoms with E-state index in [1.165, 1.54) is 7.11 Å². The second-order valence-electron chi connectivity index (χ2n) is 5.74. The van der Waals surface area contributed by atoms with Crippen molar-refractivity contribution < 1.29 is 22.6 Å². The third-order valence-electron chi connectivity index (χ3n) is 3.77. The fraction of sp³-hybridized carbons (Fsp3) is 0.294. The molecule has 6 nitrogen and oxygen atoms in total. The number of anilines is 1. The Labute approximate surface area is 141 Å². The number of rotatable bonds is 5. The number of hydrogen-bond acceptors (Lipinski definition) is 5. The van der Waals surface area contributed by atoms with E-state index >= 15 is 0 Å². The summed E-state index contributed by atoms with van der Waals surface area (Å²) in [5, 5.41) is 0. The molecule has 0 spiro atoms. The van der Waals surface area contributed by atoms with Gasteiger partial charge in [0.25, 0.3) is 10.0 Å². The number of fused-ring (bicyclic) bond motifs is 1. The lowest BCUT2D eigenvalue weighted by Crippen LogP contribution is -2.14. The molecule has 0 radical (unpaired) electrons. The molecule has 0 aromatic heterocycles. The first-order valence-electron chi connectivity index (χ1n) is 7.51. The molecule has 1 aliphatic rings. The average Bonchev–Trinajstić information content (AvgIpc) is 3.01. The monoisotopic (exact) mass is 349 g/mol. The Bertz CT molecular complexity index is 861. The van der Waals surface area contributed by atoms with Gasteiger partial charge in [0.2, 0.25) is 6.79 Å². The molecule has 0 amide bonds. The molecule has 2 aromatic rings. The number of methoxy groups -OCH3 is 1. The van der Waals surface area contributed by atoms with E-state index in [2.05, 4.69) is 4.72 Å². The lowest BCUT2D eigenvalue weighted by molar-refractivity contribution is 0.174. The van der Waals surface area contributed by atoms with Crippen molar-refractivity contribution in [3.05, 3.63) is 42.0 Å². The van der Waals surface area contributed by atoms with Gasteiger partial charge in [0.1, 0.15) is 10.6 Å². The van der Waals surface area contributed by atoms with Crippen LogP contribution < -0.4 is 18.9 Å². The highest BCUT2D eigenvalue weighted by Crippen LogP contribution is 2.35. The minimum atomic E-state index is -3.79. The Morgan fingerprint density at radius 3 is 2.54 bits per heavy atom. The molecule has 0 saturated heterocycles. The third-order valence-corrected chi connectivity index (χ3v) is 5.19. The minimum Gasteiger partial charge on any atom is -0.495 e. The van der Waals surface area contributed by atoms with Crippen LogP contribution in [-0.4, -0.2) is 22.3 Å². The largest absolute Gasteiger partial charge is 0.495 e.